The number of benzene rings is 1. The van der Waals surface area contributed by atoms with Gasteiger partial charge in [-0.2, -0.15) is 0 Å². The van der Waals surface area contributed by atoms with E-state index in [-0.39, 0.29) is 0 Å². The molecule has 1 atom stereocenters. The number of hydrogen-bond acceptors (Lipinski definition) is 3. The fraction of sp³-hybridized carbons (Fsp3) is 0.278. The molecule has 1 N–H and O–H groups in total. The van der Waals surface area contributed by atoms with Gasteiger partial charge in [-0.3, -0.25) is 19.0 Å². The lowest BCUT2D eigenvalue weighted by Crippen LogP contribution is -2.48. The van der Waals surface area contributed by atoms with Crippen molar-refractivity contribution in [3.63, 3.8) is 0 Å². The number of hydrogen-bond donors (Lipinski definition) is 1. The van der Waals surface area contributed by atoms with Crippen LogP contribution in [0.4, 0.5) is 0 Å². The predicted molar refractivity (Wildman–Crippen MR) is 88.4 cm³/mol. The number of carbonyl (C=O) groups is 2. The summed E-state index contributed by atoms with van der Waals surface area (Å²) in [6.07, 6.45) is 1.45. The molecule has 0 saturated carbocycles. The number of rotatable bonds is 4. The zero-order valence-electron chi connectivity index (χ0n) is 13.4. The molecule has 0 spiro atoms. The minimum atomic E-state index is -1.23. The summed E-state index contributed by atoms with van der Waals surface area (Å²) >= 11 is 0. The summed E-state index contributed by atoms with van der Waals surface area (Å²) < 4.78 is 1.16. The van der Waals surface area contributed by atoms with Gasteiger partial charge in [0.25, 0.3) is 11.5 Å². The van der Waals surface area contributed by atoms with E-state index in [0.717, 1.165) is 4.57 Å². The molecule has 1 heterocycles. The van der Waals surface area contributed by atoms with Gasteiger partial charge >= 0.3 is 0 Å². The highest BCUT2D eigenvalue weighted by Crippen LogP contribution is 2.15. The number of aromatic nitrogens is 1. The van der Waals surface area contributed by atoms with Gasteiger partial charge in [-0.1, -0.05) is 36.4 Å². The van der Waals surface area contributed by atoms with E-state index in [1.807, 2.05) is 20.8 Å². The first-order valence-electron chi connectivity index (χ1n) is 7.38. The van der Waals surface area contributed by atoms with Crippen LogP contribution in [0.3, 0.4) is 0 Å². The maximum Gasteiger partial charge on any atom is 0.251 e. The molecule has 1 amide bonds. The highest BCUT2D eigenvalue weighted by atomic mass is 16.2. The van der Waals surface area contributed by atoms with E-state index in [0.29, 0.717) is 5.56 Å². The van der Waals surface area contributed by atoms with Gasteiger partial charge in [-0.25, -0.2) is 0 Å². The van der Waals surface area contributed by atoms with E-state index >= 15 is 0 Å². The lowest BCUT2D eigenvalue weighted by atomic mass is 10.0. The van der Waals surface area contributed by atoms with E-state index in [9.17, 15) is 14.4 Å². The Bertz CT molecular complexity index is 758. The Balaban J connectivity index is 2.48. The Hall–Kier alpha value is -2.69. The second-order valence-corrected chi connectivity index (χ2v) is 6.32. The Kier molecular flexibility index (Phi) is 4.79. The number of nitrogens with one attached hydrogen (secondary N) is 1. The molecule has 0 radical (unpaired) electrons. The lowest BCUT2D eigenvalue weighted by Gasteiger charge is -2.25. The fourth-order valence-electron chi connectivity index (χ4n) is 2.22. The van der Waals surface area contributed by atoms with Crippen LogP contribution >= 0.6 is 0 Å². The van der Waals surface area contributed by atoms with Gasteiger partial charge in [-0.15, -0.1) is 0 Å². The minimum Gasteiger partial charge on any atom is -0.349 e. The average Bonchev–Trinajstić information content (AvgIpc) is 2.48. The molecule has 0 fully saturated rings. The average molecular weight is 312 g/mol. The Morgan fingerprint density at radius 3 is 2.17 bits per heavy atom. The molecule has 1 aromatic heterocycles. The van der Waals surface area contributed by atoms with Gasteiger partial charge in [0.2, 0.25) is 0 Å². The molecule has 0 aliphatic carbocycles. The summed E-state index contributed by atoms with van der Waals surface area (Å²) in [5.41, 5.74) is -0.520. The molecule has 1 aromatic carbocycles. The molecule has 0 unspecified atom stereocenters. The van der Waals surface area contributed by atoms with Crippen LogP contribution in [0.2, 0.25) is 0 Å². The van der Waals surface area contributed by atoms with Crippen molar-refractivity contribution in [3.8, 4) is 0 Å². The first-order chi connectivity index (χ1) is 10.8. The van der Waals surface area contributed by atoms with Crippen LogP contribution in [0.1, 0.15) is 37.2 Å². The Labute approximate surface area is 135 Å². The fourth-order valence-corrected chi connectivity index (χ4v) is 2.22. The van der Waals surface area contributed by atoms with E-state index in [1.165, 1.54) is 12.3 Å². The molecule has 120 valence electrons. The zero-order valence-corrected chi connectivity index (χ0v) is 13.4. The van der Waals surface area contributed by atoms with Crippen LogP contribution in [-0.2, 0) is 4.79 Å². The van der Waals surface area contributed by atoms with Crippen molar-refractivity contribution in [2.75, 3.05) is 0 Å². The van der Waals surface area contributed by atoms with Crippen LogP contribution in [0, 0.1) is 0 Å². The standard InChI is InChI=1S/C18H20N2O3/c1-18(2,3)19-17(23)15(20-12-8-7-11-14(20)21)16(22)13-9-5-4-6-10-13/h4-12,15H,1-3H3,(H,19,23)/t15-/m1/s1. The first kappa shape index (κ1) is 16.7. The third kappa shape index (κ3) is 4.16. The van der Waals surface area contributed by atoms with Crippen LogP contribution < -0.4 is 10.9 Å². The van der Waals surface area contributed by atoms with Crippen molar-refractivity contribution in [3.05, 3.63) is 70.6 Å². The number of ketones is 1. The van der Waals surface area contributed by atoms with Crippen molar-refractivity contribution in [2.45, 2.75) is 32.4 Å². The second-order valence-electron chi connectivity index (χ2n) is 6.32. The summed E-state index contributed by atoms with van der Waals surface area (Å²) in [4.78, 5) is 37.5. The van der Waals surface area contributed by atoms with Crippen molar-refractivity contribution in [1.82, 2.24) is 9.88 Å². The first-order valence-corrected chi connectivity index (χ1v) is 7.38. The maximum absolute atomic E-state index is 12.8. The number of pyridine rings is 1. The number of carbonyl (C=O) groups excluding carboxylic acids is 2. The monoisotopic (exact) mass is 312 g/mol. The van der Waals surface area contributed by atoms with Gasteiger partial charge in [-0.05, 0) is 26.8 Å². The Morgan fingerprint density at radius 2 is 1.61 bits per heavy atom. The van der Waals surface area contributed by atoms with Gasteiger partial charge in [0, 0.05) is 23.4 Å². The Morgan fingerprint density at radius 1 is 1.00 bits per heavy atom. The molecule has 23 heavy (non-hydrogen) atoms. The van der Waals surface area contributed by atoms with E-state index in [1.54, 1.807) is 42.5 Å². The molecule has 5 heteroatoms. The summed E-state index contributed by atoms with van der Waals surface area (Å²) in [5, 5.41) is 2.78. The molecule has 0 aliphatic rings. The summed E-state index contributed by atoms with van der Waals surface area (Å²) in [6.45, 7) is 5.47. The van der Waals surface area contributed by atoms with Gasteiger partial charge in [0.1, 0.15) is 0 Å². The summed E-state index contributed by atoms with van der Waals surface area (Å²) in [5.74, 6) is -0.916. The molecule has 5 nitrogen and oxygen atoms in total. The van der Waals surface area contributed by atoms with Crippen LogP contribution in [0.25, 0.3) is 0 Å². The van der Waals surface area contributed by atoms with Crippen LogP contribution in [0.5, 0.6) is 0 Å². The largest absolute Gasteiger partial charge is 0.349 e. The normalized spacial score (nSPS) is 12.5. The minimum absolute atomic E-state index is 0.386. The second kappa shape index (κ2) is 6.60. The van der Waals surface area contributed by atoms with E-state index in [4.69, 9.17) is 0 Å². The number of amides is 1. The van der Waals surface area contributed by atoms with Crippen LogP contribution in [-0.4, -0.2) is 21.8 Å². The summed E-state index contributed by atoms with van der Waals surface area (Å²) in [7, 11) is 0. The maximum atomic E-state index is 12.8. The quantitative estimate of drug-likeness (QED) is 0.695. The molecule has 0 bridgehead atoms. The van der Waals surface area contributed by atoms with Crippen molar-refractivity contribution >= 4 is 11.7 Å². The van der Waals surface area contributed by atoms with E-state index < -0.39 is 28.8 Å². The third-order valence-electron chi connectivity index (χ3n) is 3.18. The van der Waals surface area contributed by atoms with Crippen molar-refractivity contribution in [2.24, 2.45) is 0 Å². The van der Waals surface area contributed by atoms with E-state index in [2.05, 4.69) is 5.32 Å². The molecule has 0 saturated heterocycles. The number of nitrogens with zero attached hydrogens (tertiary/aromatic N) is 1. The van der Waals surface area contributed by atoms with Gasteiger partial charge in [0.05, 0.1) is 0 Å². The number of Topliss-reactive ketones (excluding diaryl/α,β-unsaturated/α-hetero) is 1. The molecule has 0 aliphatic heterocycles. The van der Waals surface area contributed by atoms with Crippen LogP contribution in [0.15, 0.2) is 59.5 Å². The van der Waals surface area contributed by atoms with Gasteiger partial charge < -0.3 is 5.32 Å². The molecule has 2 rings (SSSR count). The highest BCUT2D eigenvalue weighted by Gasteiger charge is 2.31. The van der Waals surface area contributed by atoms with Crippen molar-refractivity contribution in [1.29, 1.82) is 0 Å². The zero-order chi connectivity index (χ0) is 17.0. The topological polar surface area (TPSA) is 68.2 Å². The highest BCUT2D eigenvalue weighted by molar-refractivity contribution is 6.11. The smallest absolute Gasteiger partial charge is 0.251 e. The molecule has 2 aromatic rings. The third-order valence-corrected chi connectivity index (χ3v) is 3.18. The predicted octanol–water partition coefficient (Wildman–Crippen LogP) is 2.19. The molecular formula is C18H20N2O3. The van der Waals surface area contributed by atoms with Gasteiger partial charge in [0.15, 0.2) is 11.8 Å². The van der Waals surface area contributed by atoms with Crippen molar-refractivity contribution < 1.29 is 9.59 Å². The summed E-state index contributed by atoms with van der Waals surface area (Å²) in [6, 6.07) is 11.8. The molecular weight excluding hydrogens is 292 g/mol. The SMILES string of the molecule is CC(C)(C)NC(=O)[C@@H](C(=O)c1ccccc1)n1ccccc1=O. The lowest BCUT2D eigenvalue weighted by molar-refractivity contribution is -0.124.